The Morgan fingerprint density at radius 1 is 1.35 bits per heavy atom. The van der Waals surface area contributed by atoms with Gasteiger partial charge in [-0.15, -0.1) is 0 Å². The van der Waals surface area contributed by atoms with Crippen LogP contribution in [-0.2, 0) is 7.05 Å². The highest BCUT2D eigenvalue weighted by Gasteiger charge is 2.30. The summed E-state index contributed by atoms with van der Waals surface area (Å²) in [7, 11) is 1.77. The Morgan fingerprint density at radius 2 is 2.13 bits per heavy atom. The molecule has 1 aliphatic heterocycles. The molecule has 6 nitrogen and oxygen atoms in total. The number of aryl methyl sites for hydroxylation is 1. The first kappa shape index (κ1) is 14.5. The van der Waals surface area contributed by atoms with Crippen LogP contribution in [0.15, 0.2) is 10.9 Å². The summed E-state index contributed by atoms with van der Waals surface area (Å²) in [6, 6.07) is 1.86. The number of carbonyl (C=O) groups is 1. The van der Waals surface area contributed by atoms with Crippen LogP contribution in [0.5, 0.6) is 0 Å². The highest BCUT2D eigenvalue weighted by atomic mass is 16.2. The monoisotopic (exact) mass is 314 g/mol. The highest BCUT2D eigenvalue weighted by Crippen LogP contribution is 2.40. The van der Waals surface area contributed by atoms with E-state index in [4.69, 9.17) is 0 Å². The van der Waals surface area contributed by atoms with Crippen LogP contribution in [-0.4, -0.2) is 38.7 Å². The Morgan fingerprint density at radius 3 is 2.83 bits per heavy atom. The molecular formula is C17H22N4O2. The zero-order valence-corrected chi connectivity index (χ0v) is 13.6. The summed E-state index contributed by atoms with van der Waals surface area (Å²) in [5, 5.41) is 3.17. The van der Waals surface area contributed by atoms with Crippen molar-refractivity contribution in [1.82, 2.24) is 19.7 Å². The molecule has 3 heterocycles. The van der Waals surface area contributed by atoms with Gasteiger partial charge in [0.15, 0.2) is 5.65 Å². The van der Waals surface area contributed by atoms with Gasteiger partial charge in [0, 0.05) is 31.7 Å². The first-order valence-electron chi connectivity index (χ1n) is 8.43. The van der Waals surface area contributed by atoms with Crippen LogP contribution in [0.4, 0.5) is 0 Å². The Kier molecular flexibility index (Phi) is 3.28. The number of rotatable bonds is 2. The molecule has 0 spiro atoms. The molecule has 1 N–H and O–H groups in total. The predicted molar refractivity (Wildman–Crippen MR) is 87.6 cm³/mol. The van der Waals surface area contributed by atoms with Crippen LogP contribution in [0.25, 0.3) is 11.0 Å². The van der Waals surface area contributed by atoms with Crippen molar-refractivity contribution in [3.05, 3.63) is 27.7 Å². The maximum Gasteiger partial charge on any atom is 0.274 e. The quantitative estimate of drug-likeness (QED) is 0.922. The molecule has 23 heavy (non-hydrogen) atoms. The minimum Gasteiger partial charge on any atom is -0.338 e. The van der Waals surface area contributed by atoms with Gasteiger partial charge in [-0.05, 0) is 37.7 Å². The van der Waals surface area contributed by atoms with Crippen molar-refractivity contribution >= 4 is 16.9 Å². The third-order valence-electron chi connectivity index (χ3n) is 5.00. The number of piperidine rings is 1. The maximum atomic E-state index is 13.1. The second kappa shape index (κ2) is 5.22. The fourth-order valence-electron chi connectivity index (χ4n) is 3.58. The summed E-state index contributed by atoms with van der Waals surface area (Å²) in [6.45, 7) is 3.72. The van der Waals surface area contributed by atoms with E-state index >= 15 is 0 Å². The molecular weight excluding hydrogens is 292 g/mol. The van der Waals surface area contributed by atoms with E-state index in [9.17, 15) is 9.59 Å². The third kappa shape index (κ3) is 2.46. The third-order valence-corrected chi connectivity index (χ3v) is 5.00. The second-order valence-electron chi connectivity index (χ2n) is 7.07. The number of hydrogen-bond donors (Lipinski definition) is 1. The van der Waals surface area contributed by atoms with E-state index in [1.165, 1.54) is 0 Å². The van der Waals surface area contributed by atoms with Crippen molar-refractivity contribution in [2.24, 2.45) is 13.0 Å². The lowest BCUT2D eigenvalue weighted by molar-refractivity contribution is 0.0685. The molecule has 0 radical (unpaired) electrons. The summed E-state index contributed by atoms with van der Waals surface area (Å²) in [5.41, 5.74) is 1.83. The van der Waals surface area contributed by atoms with Gasteiger partial charge in [0.2, 0.25) is 0 Å². The summed E-state index contributed by atoms with van der Waals surface area (Å²) in [4.78, 5) is 31.9. The molecule has 2 aromatic rings. The number of nitrogens with one attached hydrogen (secondary N) is 1. The van der Waals surface area contributed by atoms with E-state index in [0.717, 1.165) is 44.5 Å². The zero-order chi connectivity index (χ0) is 16.1. The molecule has 6 heteroatoms. The fourth-order valence-corrected chi connectivity index (χ4v) is 3.58. The van der Waals surface area contributed by atoms with E-state index in [-0.39, 0.29) is 11.5 Å². The molecule has 0 bridgehead atoms. The Labute approximate surface area is 134 Å². The summed E-state index contributed by atoms with van der Waals surface area (Å²) in [5.74, 6) is 0.931. The molecule has 1 saturated carbocycles. The Bertz CT molecular complexity index is 831. The first-order chi connectivity index (χ1) is 11.0. The van der Waals surface area contributed by atoms with Crippen molar-refractivity contribution in [2.45, 2.75) is 38.5 Å². The van der Waals surface area contributed by atoms with Crippen LogP contribution in [0.3, 0.4) is 0 Å². The van der Waals surface area contributed by atoms with Crippen LogP contribution < -0.4 is 5.56 Å². The lowest BCUT2D eigenvalue weighted by atomic mass is 9.99. The Balaban J connectivity index is 1.84. The van der Waals surface area contributed by atoms with Gasteiger partial charge in [-0.1, -0.05) is 6.92 Å². The Hall–Kier alpha value is -2.11. The molecule has 0 aromatic carbocycles. The number of pyridine rings is 1. The summed E-state index contributed by atoms with van der Waals surface area (Å²) >= 11 is 0. The first-order valence-corrected chi connectivity index (χ1v) is 8.43. The van der Waals surface area contributed by atoms with Gasteiger partial charge in [0.1, 0.15) is 0 Å². The van der Waals surface area contributed by atoms with Crippen molar-refractivity contribution < 1.29 is 4.79 Å². The van der Waals surface area contributed by atoms with Gasteiger partial charge in [-0.2, -0.15) is 0 Å². The van der Waals surface area contributed by atoms with Crippen LogP contribution in [0, 0.1) is 5.92 Å². The number of fused-ring (bicyclic) bond motifs is 1. The minimum absolute atomic E-state index is 0.0254. The van der Waals surface area contributed by atoms with Gasteiger partial charge < -0.3 is 4.90 Å². The maximum absolute atomic E-state index is 13.1. The molecule has 2 aromatic heterocycles. The number of aromatic nitrogens is 3. The number of likely N-dealkylation sites (tertiary alicyclic amines) is 1. The molecule has 1 aliphatic carbocycles. The average molecular weight is 314 g/mol. The van der Waals surface area contributed by atoms with Gasteiger partial charge in [0.05, 0.1) is 10.9 Å². The van der Waals surface area contributed by atoms with E-state index in [1.807, 2.05) is 11.0 Å². The van der Waals surface area contributed by atoms with Gasteiger partial charge in [0.25, 0.3) is 11.5 Å². The predicted octanol–water partition coefficient (Wildman–Crippen LogP) is 2.01. The molecule has 2 aliphatic rings. The molecule has 1 amide bonds. The normalized spacial score (nSPS) is 21.8. The highest BCUT2D eigenvalue weighted by molar-refractivity contribution is 6.05. The molecule has 1 atom stereocenters. The lowest BCUT2D eigenvalue weighted by Crippen LogP contribution is -2.39. The topological polar surface area (TPSA) is 71.0 Å². The van der Waals surface area contributed by atoms with E-state index in [1.54, 1.807) is 11.7 Å². The zero-order valence-electron chi connectivity index (χ0n) is 13.6. The molecule has 1 saturated heterocycles. The van der Waals surface area contributed by atoms with Crippen molar-refractivity contribution in [3.8, 4) is 0 Å². The van der Waals surface area contributed by atoms with Crippen LogP contribution >= 0.6 is 0 Å². The largest absolute Gasteiger partial charge is 0.338 e. The van der Waals surface area contributed by atoms with Crippen LogP contribution in [0.1, 0.15) is 54.6 Å². The number of carbonyl (C=O) groups excluding carboxylic acids is 1. The van der Waals surface area contributed by atoms with Gasteiger partial charge >= 0.3 is 0 Å². The molecule has 2 fully saturated rings. The molecule has 122 valence electrons. The lowest BCUT2D eigenvalue weighted by Gasteiger charge is -2.31. The van der Waals surface area contributed by atoms with Crippen molar-refractivity contribution in [1.29, 1.82) is 0 Å². The van der Waals surface area contributed by atoms with E-state index in [0.29, 0.717) is 28.4 Å². The smallest absolute Gasteiger partial charge is 0.274 e. The standard InChI is InChI=1S/C17H22N4O2/c1-10-4-3-7-21(9-10)17(23)12-8-13(11-5-6-11)18-15-14(12)16(22)19-20(15)2/h8,10-11H,3-7,9H2,1-2H3,(H,19,22). The van der Waals surface area contributed by atoms with Gasteiger partial charge in [-0.3, -0.25) is 19.4 Å². The number of nitrogens with zero attached hydrogens (tertiary/aromatic N) is 3. The van der Waals surface area contributed by atoms with Crippen molar-refractivity contribution in [3.63, 3.8) is 0 Å². The number of hydrogen-bond acceptors (Lipinski definition) is 3. The SMILES string of the molecule is CC1CCCN(C(=O)c2cc(C3CC3)nc3c2c(=O)[nH]n3C)C1. The van der Waals surface area contributed by atoms with Crippen LogP contribution in [0.2, 0.25) is 0 Å². The molecule has 4 rings (SSSR count). The minimum atomic E-state index is -0.231. The molecule has 1 unspecified atom stereocenters. The summed E-state index contributed by atoms with van der Waals surface area (Å²) < 4.78 is 1.62. The van der Waals surface area contributed by atoms with E-state index < -0.39 is 0 Å². The second-order valence-corrected chi connectivity index (χ2v) is 7.07. The summed E-state index contributed by atoms with van der Waals surface area (Å²) in [6.07, 6.45) is 4.42. The van der Waals surface area contributed by atoms with E-state index in [2.05, 4.69) is 17.0 Å². The number of aromatic amines is 1. The van der Waals surface area contributed by atoms with Gasteiger partial charge in [-0.25, -0.2) is 4.98 Å². The number of amides is 1. The van der Waals surface area contributed by atoms with Crippen molar-refractivity contribution in [2.75, 3.05) is 13.1 Å². The average Bonchev–Trinajstić information content (AvgIpc) is 3.33. The number of H-pyrrole nitrogens is 1. The fraction of sp³-hybridized carbons (Fsp3) is 0.588.